The Kier molecular flexibility index (Phi) is 2.95. The van der Waals surface area contributed by atoms with Gasteiger partial charge >= 0.3 is 5.97 Å². The molecule has 1 rings (SSSR count). The van der Waals surface area contributed by atoms with Gasteiger partial charge in [0, 0.05) is 5.92 Å². The van der Waals surface area contributed by atoms with Crippen LogP contribution in [0.25, 0.3) is 0 Å². The highest BCUT2D eigenvalue weighted by Gasteiger charge is 2.15. The lowest BCUT2D eigenvalue weighted by atomic mass is 10.0. The van der Waals surface area contributed by atoms with E-state index in [1.54, 1.807) is 6.26 Å². The van der Waals surface area contributed by atoms with Crippen molar-refractivity contribution in [3.63, 3.8) is 0 Å². The number of rotatable bonds is 2. The molecule has 0 aromatic rings. The van der Waals surface area contributed by atoms with E-state index < -0.39 is 0 Å². The number of ether oxygens (including phenoxy) is 2. The van der Waals surface area contributed by atoms with Gasteiger partial charge < -0.3 is 9.47 Å². The van der Waals surface area contributed by atoms with Crippen LogP contribution in [0.1, 0.15) is 12.8 Å². The average Bonchev–Trinajstić information content (AvgIpc) is 2.06. The van der Waals surface area contributed by atoms with Gasteiger partial charge in [0.2, 0.25) is 0 Å². The Bertz CT molecular complexity index is 163. The van der Waals surface area contributed by atoms with Crippen molar-refractivity contribution in [3.05, 3.63) is 12.3 Å². The molecule has 0 bridgehead atoms. The minimum Gasteiger partial charge on any atom is -0.501 e. The third-order valence-electron chi connectivity index (χ3n) is 1.68. The van der Waals surface area contributed by atoms with Crippen LogP contribution < -0.4 is 0 Å². The van der Waals surface area contributed by atoms with E-state index in [1.807, 2.05) is 6.08 Å². The van der Waals surface area contributed by atoms with Crippen LogP contribution in [0.2, 0.25) is 0 Å². The molecular weight excluding hydrogens is 144 g/mol. The highest BCUT2D eigenvalue weighted by atomic mass is 16.5. The second-order valence-electron chi connectivity index (χ2n) is 2.59. The lowest BCUT2D eigenvalue weighted by Crippen LogP contribution is -2.16. The monoisotopic (exact) mass is 156 g/mol. The second-order valence-corrected chi connectivity index (χ2v) is 2.59. The quantitative estimate of drug-likeness (QED) is 0.561. The van der Waals surface area contributed by atoms with Crippen LogP contribution >= 0.6 is 0 Å². The van der Waals surface area contributed by atoms with E-state index in [4.69, 9.17) is 4.74 Å². The van der Waals surface area contributed by atoms with Gasteiger partial charge in [0.15, 0.2) is 0 Å². The molecule has 0 N–H and O–H groups in total. The molecule has 0 aromatic heterocycles. The van der Waals surface area contributed by atoms with Crippen molar-refractivity contribution in [3.8, 4) is 0 Å². The van der Waals surface area contributed by atoms with Crippen molar-refractivity contribution >= 4 is 5.97 Å². The zero-order chi connectivity index (χ0) is 8.10. The van der Waals surface area contributed by atoms with Crippen molar-refractivity contribution in [2.24, 2.45) is 5.92 Å². The Morgan fingerprint density at radius 1 is 1.82 bits per heavy atom. The van der Waals surface area contributed by atoms with E-state index in [9.17, 15) is 4.79 Å². The van der Waals surface area contributed by atoms with Crippen molar-refractivity contribution in [1.82, 2.24) is 0 Å². The molecule has 1 atom stereocenters. The maximum Gasteiger partial charge on any atom is 0.305 e. The smallest absolute Gasteiger partial charge is 0.305 e. The summed E-state index contributed by atoms with van der Waals surface area (Å²) in [5, 5.41) is 0. The van der Waals surface area contributed by atoms with Crippen molar-refractivity contribution in [1.29, 1.82) is 0 Å². The van der Waals surface area contributed by atoms with E-state index in [-0.39, 0.29) is 5.97 Å². The molecule has 3 heteroatoms. The number of hydrogen-bond acceptors (Lipinski definition) is 3. The number of hydrogen-bond donors (Lipinski definition) is 0. The Labute approximate surface area is 66.0 Å². The maximum atomic E-state index is 10.8. The van der Waals surface area contributed by atoms with Gasteiger partial charge in [-0.25, -0.2) is 0 Å². The van der Waals surface area contributed by atoms with Gasteiger partial charge in [-0.05, 0) is 12.5 Å². The van der Waals surface area contributed by atoms with E-state index in [0.717, 1.165) is 6.42 Å². The van der Waals surface area contributed by atoms with Crippen LogP contribution in [0, 0.1) is 5.92 Å². The van der Waals surface area contributed by atoms with E-state index in [2.05, 4.69) is 4.74 Å². The summed E-state index contributed by atoms with van der Waals surface area (Å²) in [4.78, 5) is 10.8. The van der Waals surface area contributed by atoms with Crippen molar-refractivity contribution < 1.29 is 14.3 Å². The summed E-state index contributed by atoms with van der Waals surface area (Å²) >= 11 is 0. The molecule has 62 valence electrons. The molecule has 1 unspecified atom stereocenters. The van der Waals surface area contributed by atoms with Crippen LogP contribution in [0.15, 0.2) is 12.3 Å². The summed E-state index contributed by atoms with van der Waals surface area (Å²) in [5.74, 6) is 0.140. The van der Waals surface area contributed by atoms with Crippen LogP contribution in [-0.4, -0.2) is 19.7 Å². The fourth-order valence-electron chi connectivity index (χ4n) is 1.04. The molecule has 0 amide bonds. The fraction of sp³-hybridized carbons (Fsp3) is 0.625. The Morgan fingerprint density at radius 2 is 2.64 bits per heavy atom. The van der Waals surface area contributed by atoms with E-state index in [1.165, 1.54) is 7.11 Å². The Hall–Kier alpha value is -0.990. The topological polar surface area (TPSA) is 35.5 Å². The molecule has 1 heterocycles. The molecule has 0 radical (unpaired) electrons. The summed E-state index contributed by atoms with van der Waals surface area (Å²) in [5.41, 5.74) is 0. The lowest BCUT2D eigenvalue weighted by molar-refractivity contribution is -0.142. The number of carbonyl (C=O) groups is 1. The van der Waals surface area contributed by atoms with Gasteiger partial charge in [0.25, 0.3) is 0 Å². The molecule has 11 heavy (non-hydrogen) atoms. The van der Waals surface area contributed by atoms with Crippen molar-refractivity contribution in [2.45, 2.75) is 12.8 Å². The zero-order valence-corrected chi connectivity index (χ0v) is 6.58. The molecule has 3 nitrogen and oxygen atoms in total. The van der Waals surface area contributed by atoms with Crippen LogP contribution in [0.4, 0.5) is 0 Å². The standard InChI is InChI=1S/C8H12O3/c1-10-8(9)5-7-3-2-4-11-6-7/h2,4,7H,3,5-6H2,1H3. The Morgan fingerprint density at radius 3 is 3.18 bits per heavy atom. The maximum absolute atomic E-state index is 10.8. The SMILES string of the molecule is COC(=O)CC1CC=COC1. The third-order valence-corrected chi connectivity index (χ3v) is 1.68. The molecule has 0 fully saturated rings. The van der Waals surface area contributed by atoms with Crippen LogP contribution in [0.3, 0.4) is 0 Å². The first-order valence-corrected chi connectivity index (χ1v) is 3.66. The van der Waals surface area contributed by atoms with Gasteiger partial charge in [-0.1, -0.05) is 0 Å². The molecular formula is C8H12O3. The molecule has 0 aliphatic carbocycles. The fourth-order valence-corrected chi connectivity index (χ4v) is 1.04. The summed E-state index contributed by atoms with van der Waals surface area (Å²) < 4.78 is 9.57. The highest BCUT2D eigenvalue weighted by Crippen LogP contribution is 2.14. The summed E-state index contributed by atoms with van der Waals surface area (Å²) in [6.07, 6.45) is 4.97. The van der Waals surface area contributed by atoms with E-state index in [0.29, 0.717) is 18.9 Å². The largest absolute Gasteiger partial charge is 0.501 e. The van der Waals surface area contributed by atoms with Crippen LogP contribution in [0.5, 0.6) is 0 Å². The third kappa shape index (κ3) is 2.62. The highest BCUT2D eigenvalue weighted by molar-refractivity contribution is 5.69. The predicted molar refractivity (Wildman–Crippen MR) is 39.8 cm³/mol. The number of esters is 1. The molecule has 1 aliphatic heterocycles. The molecule has 0 spiro atoms. The van der Waals surface area contributed by atoms with Gasteiger partial charge in [0.1, 0.15) is 0 Å². The number of carbonyl (C=O) groups excluding carboxylic acids is 1. The first-order valence-electron chi connectivity index (χ1n) is 3.66. The first kappa shape index (κ1) is 8.11. The van der Waals surface area contributed by atoms with Gasteiger partial charge in [0.05, 0.1) is 26.4 Å². The Balaban J connectivity index is 2.26. The normalized spacial score (nSPS) is 22.5. The van der Waals surface area contributed by atoms with Crippen molar-refractivity contribution in [2.75, 3.05) is 13.7 Å². The summed E-state index contributed by atoms with van der Waals surface area (Å²) in [7, 11) is 1.40. The minimum atomic E-state index is -0.158. The number of allylic oxidation sites excluding steroid dienone is 1. The zero-order valence-electron chi connectivity index (χ0n) is 6.58. The van der Waals surface area contributed by atoms with Gasteiger partial charge in [-0.2, -0.15) is 0 Å². The minimum absolute atomic E-state index is 0.158. The van der Waals surface area contributed by atoms with Crippen LogP contribution in [-0.2, 0) is 14.3 Å². The summed E-state index contributed by atoms with van der Waals surface area (Å²) in [6, 6.07) is 0. The molecule has 1 aliphatic rings. The average molecular weight is 156 g/mol. The molecule has 0 saturated heterocycles. The number of methoxy groups -OCH3 is 1. The van der Waals surface area contributed by atoms with E-state index >= 15 is 0 Å². The second kappa shape index (κ2) is 4.01. The van der Waals surface area contributed by atoms with Gasteiger partial charge in [-0.15, -0.1) is 0 Å². The van der Waals surface area contributed by atoms with Gasteiger partial charge in [-0.3, -0.25) is 4.79 Å². The summed E-state index contributed by atoms with van der Waals surface area (Å²) in [6.45, 7) is 0.631. The molecule has 0 aromatic carbocycles. The lowest BCUT2D eigenvalue weighted by Gasteiger charge is -2.16. The predicted octanol–water partition coefficient (Wildman–Crippen LogP) is 1.10. The first-order chi connectivity index (χ1) is 5.33. The molecule has 0 saturated carbocycles.